The van der Waals surface area contributed by atoms with Crippen molar-refractivity contribution in [1.29, 1.82) is 0 Å². The molecule has 516 valence electrons. The summed E-state index contributed by atoms with van der Waals surface area (Å²) < 4.78 is 0. The van der Waals surface area contributed by atoms with Gasteiger partial charge in [-0.05, 0) is 182 Å². The van der Waals surface area contributed by atoms with Crippen molar-refractivity contribution >= 4 is 159 Å². The molecule has 0 unspecified atom stereocenters. The Morgan fingerprint density at radius 3 is 0.817 bits per heavy atom. The number of nitrogens with one attached hydrogen (secondary N) is 10. The number of hydrogen-bond acceptors (Lipinski definition) is 22. The molecule has 0 saturated heterocycles. The number of guanidine groups is 4. The summed E-state index contributed by atoms with van der Waals surface area (Å²) in [5.74, 6) is 4.86. The van der Waals surface area contributed by atoms with E-state index in [9.17, 15) is 0 Å². The van der Waals surface area contributed by atoms with Crippen LogP contribution in [-0.2, 0) is 0 Å². The van der Waals surface area contributed by atoms with E-state index in [0.717, 1.165) is 160 Å². The second-order valence-electron chi connectivity index (χ2n) is 25.3. The molecule has 0 saturated carbocycles. The van der Waals surface area contributed by atoms with Gasteiger partial charge in [-0.3, -0.25) is 20.8 Å². The minimum absolute atomic E-state index is 0.722. The summed E-state index contributed by atoms with van der Waals surface area (Å²) in [6, 6.07) is 72.3. The first-order chi connectivity index (χ1) is 51.5. The molecule has 0 atom stereocenters. The number of aliphatic imine (C=N–C) groups is 6. The Kier molecular flexibility index (Phi) is 21.0. The van der Waals surface area contributed by atoms with E-state index in [1.165, 1.54) is 86.2 Å². The van der Waals surface area contributed by atoms with Gasteiger partial charge in [0.05, 0.1) is 63.5 Å². The molecule has 104 heavy (non-hydrogen) atoms. The van der Waals surface area contributed by atoms with Gasteiger partial charge in [-0.25, -0.2) is 41.7 Å². The molecule has 6 aliphatic heterocycles. The third-order valence-corrected chi connectivity index (χ3v) is 18.1. The molecule has 0 aliphatic carbocycles. The highest BCUT2D eigenvalue weighted by atomic mass is 15.4. The Morgan fingerprint density at radius 1 is 0.250 bits per heavy atom. The van der Waals surface area contributed by atoms with Crippen LogP contribution in [0.1, 0.15) is 59.1 Å². The van der Waals surface area contributed by atoms with Gasteiger partial charge in [-0.1, -0.05) is 146 Å². The van der Waals surface area contributed by atoms with Gasteiger partial charge in [-0.15, -0.1) is 0 Å². The van der Waals surface area contributed by atoms with Crippen molar-refractivity contribution in [2.75, 3.05) is 65.4 Å². The molecule has 6 aliphatic rings. The van der Waals surface area contributed by atoms with Gasteiger partial charge in [-0.2, -0.15) is 30.6 Å². The SMILES string of the molecule is C(=N/NC1=NCCC1)/c1ccc2cc3ccc(/C=N\NC4=NCCN4)cc3cc2c1.C(=N/NC1=NCCN1)/c1ccc2cc3cc(/C=N\NC4=NCCN4)ccc3cc2c1.C(=N\NC1=NCCC1)/c1c2ccccc2cc2ccccc12.C(=N\NC1=NCCN1)/c1c2ccccc2cc2ccccc12. The maximum atomic E-state index is 4.42. The van der Waals surface area contributed by atoms with Gasteiger partial charge >= 0.3 is 0 Å². The zero-order chi connectivity index (χ0) is 69.9. The molecule has 0 spiro atoms. The predicted octanol–water partition coefficient (Wildman–Crippen LogP) is 11.7. The maximum absolute atomic E-state index is 4.42. The summed E-state index contributed by atoms with van der Waals surface area (Å²) in [5.41, 5.74) is 24.3. The van der Waals surface area contributed by atoms with Crippen molar-refractivity contribution in [3.05, 3.63) is 240 Å². The molecule has 6 heterocycles. The number of nitrogens with zero attached hydrogens (tertiary/aromatic N) is 12. The largest absolute Gasteiger partial charge is 0.353 e. The molecule has 22 heteroatoms. The van der Waals surface area contributed by atoms with Crippen LogP contribution in [0.2, 0.25) is 0 Å². The Hall–Kier alpha value is -13.2. The molecule has 0 amide bonds. The number of hydrogen-bond donors (Lipinski definition) is 10. The van der Waals surface area contributed by atoms with Crippen LogP contribution in [-0.4, -0.2) is 138 Å². The molecule has 10 N–H and O–H groups in total. The summed E-state index contributed by atoms with van der Waals surface area (Å²) in [6.45, 7) is 8.43. The quantitative estimate of drug-likeness (QED) is 0.0314. The number of hydrazone groups is 6. The molecule has 12 aromatic carbocycles. The molecular weight excluding hydrogens is 1290 g/mol. The minimum Gasteiger partial charge on any atom is -0.353 e. The number of fused-ring (bicyclic) bond motifs is 8. The topological polar surface area (TPSA) is 269 Å². The Bertz CT molecular complexity index is 5120. The minimum atomic E-state index is 0.722. The van der Waals surface area contributed by atoms with E-state index in [4.69, 9.17) is 0 Å². The van der Waals surface area contributed by atoms with Crippen molar-refractivity contribution in [2.24, 2.45) is 60.6 Å². The first-order valence-electron chi connectivity index (χ1n) is 35.2. The van der Waals surface area contributed by atoms with Crippen LogP contribution < -0.4 is 53.8 Å². The third-order valence-electron chi connectivity index (χ3n) is 18.1. The van der Waals surface area contributed by atoms with Crippen LogP contribution in [0.5, 0.6) is 0 Å². The molecule has 0 bridgehead atoms. The van der Waals surface area contributed by atoms with Gasteiger partial charge in [0, 0.05) is 63.2 Å². The first kappa shape index (κ1) is 66.6. The fraction of sp³-hybridized carbons (Fsp3) is 0.171. The van der Waals surface area contributed by atoms with Gasteiger partial charge in [0.25, 0.3) is 0 Å². The molecular formula is C82H78N22. The highest BCUT2D eigenvalue weighted by Crippen LogP contribution is 2.30. The summed E-state index contributed by atoms with van der Waals surface area (Å²) in [4.78, 5) is 25.8. The zero-order valence-electron chi connectivity index (χ0n) is 57.4. The monoisotopic (exact) mass is 1370 g/mol. The lowest BCUT2D eigenvalue weighted by molar-refractivity contribution is 0.920. The average Bonchev–Trinajstić information content (AvgIpc) is 0.900. The van der Waals surface area contributed by atoms with E-state index in [0.29, 0.717) is 0 Å². The van der Waals surface area contributed by atoms with E-state index in [1.807, 2.05) is 37.3 Å². The molecule has 0 fully saturated rings. The van der Waals surface area contributed by atoms with Crippen LogP contribution in [0, 0.1) is 0 Å². The van der Waals surface area contributed by atoms with Gasteiger partial charge in [0.15, 0.2) is 0 Å². The summed E-state index contributed by atoms with van der Waals surface area (Å²) >= 11 is 0. The van der Waals surface area contributed by atoms with Crippen molar-refractivity contribution < 1.29 is 0 Å². The van der Waals surface area contributed by atoms with Gasteiger partial charge in [0.1, 0.15) is 11.7 Å². The van der Waals surface area contributed by atoms with Crippen LogP contribution in [0.15, 0.2) is 267 Å². The van der Waals surface area contributed by atoms with Gasteiger partial charge < -0.3 is 21.3 Å². The second-order valence-corrected chi connectivity index (χ2v) is 25.3. The van der Waals surface area contributed by atoms with Crippen molar-refractivity contribution in [3.63, 3.8) is 0 Å². The smallest absolute Gasteiger partial charge is 0.212 e. The Labute approximate surface area is 601 Å². The summed E-state index contributed by atoms with van der Waals surface area (Å²) in [5, 5.41) is 57.7. The molecule has 12 aromatic rings. The molecule has 0 radical (unpaired) electrons. The maximum Gasteiger partial charge on any atom is 0.212 e. The number of rotatable bonds is 12. The summed E-state index contributed by atoms with van der Waals surface area (Å²) in [6.07, 6.45) is 15.3. The van der Waals surface area contributed by atoms with E-state index < -0.39 is 0 Å². The lowest BCUT2D eigenvalue weighted by atomic mass is 9.97. The Morgan fingerprint density at radius 2 is 0.519 bits per heavy atom. The highest BCUT2D eigenvalue weighted by Gasteiger charge is 2.12. The van der Waals surface area contributed by atoms with Crippen LogP contribution >= 0.6 is 0 Å². The second kappa shape index (κ2) is 32.8. The van der Waals surface area contributed by atoms with Crippen molar-refractivity contribution in [2.45, 2.75) is 25.7 Å². The van der Waals surface area contributed by atoms with Crippen LogP contribution in [0.3, 0.4) is 0 Å². The van der Waals surface area contributed by atoms with Crippen molar-refractivity contribution in [1.82, 2.24) is 53.8 Å². The first-order valence-corrected chi connectivity index (χ1v) is 35.2. The average molecular weight is 1370 g/mol. The van der Waals surface area contributed by atoms with Crippen molar-refractivity contribution in [3.8, 4) is 0 Å². The van der Waals surface area contributed by atoms with E-state index >= 15 is 0 Å². The molecule has 0 aromatic heterocycles. The fourth-order valence-electron chi connectivity index (χ4n) is 12.9. The standard InChI is InChI=1S/C23H23N7.C22H22N8.C19H17N3.C18H16N4/c1-2-22(24-7-1)29-27-14-16-3-5-18-12-19-6-4-17(11-21(19)13-20(18)10-16)15-28-30-23-25-8-9-26-23;1-3-17-11-20-10-16(14-28-30-22-25-7-8-26-22)2-4-18(20)12-19(17)9-15(1)13-27-29-21-23-5-6-24-21;1-3-8-16-14(6-1)12-15-7-2-4-9-17(15)18(16)13-21-22-19-10-5-11-20-19;1-3-7-15-13(5-1)11-14-6-2-4-8-16(14)17(15)12-21-22-18-19-9-10-20-18/h3-6,10-15H,1-2,7-9H2,(H,24,29)(H2,25,26,30);1-4,9-14H,5-8H2,(H2,23,24,29)(H2,25,26,30);1-4,6-9,12-13H,5,10-11H2,(H,20,22);1-8,11-12H,9-10H2,(H2,19,20,22)/b27-14-,28-15-;27-13-,28-14-;21-13+;21-12+. The molecule has 18 rings (SSSR count). The lowest BCUT2D eigenvalue weighted by Crippen LogP contribution is -2.30. The zero-order valence-corrected chi connectivity index (χ0v) is 57.4. The number of amidine groups is 2. The molecule has 22 nitrogen and oxygen atoms in total. The van der Waals surface area contributed by atoms with E-state index in [2.05, 4.69) is 321 Å². The van der Waals surface area contributed by atoms with Crippen LogP contribution in [0.4, 0.5) is 0 Å². The van der Waals surface area contributed by atoms with Crippen LogP contribution in [0.25, 0.3) is 86.2 Å². The summed E-state index contributed by atoms with van der Waals surface area (Å²) in [7, 11) is 0. The fourth-order valence-corrected chi connectivity index (χ4v) is 12.9. The van der Waals surface area contributed by atoms with E-state index in [-0.39, 0.29) is 0 Å². The highest BCUT2D eigenvalue weighted by molar-refractivity contribution is 6.15. The normalized spacial score (nSPS) is 15.6. The number of benzene rings is 12. The predicted molar refractivity (Wildman–Crippen MR) is 434 cm³/mol. The third kappa shape index (κ3) is 17.0. The Balaban J connectivity index is 0.000000113. The van der Waals surface area contributed by atoms with E-state index in [1.54, 1.807) is 0 Å². The van der Waals surface area contributed by atoms with Gasteiger partial charge in [0.2, 0.25) is 23.8 Å². The lowest BCUT2D eigenvalue weighted by Gasteiger charge is -2.08.